The van der Waals surface area contributed by atoms with E-state index >= 15 is 0 Å². The van der Waals surface area contributed by atoms with Gasteiger partial charge in [-0.25, -0.2) is 9.50 Å². The Morgan fingerprint density at radius 3 is 2.09 bits per heavy atom. The maximum absolute atomic E-state index is 12.8. The van der Waals surface area contributed by atoms with Crippen LogP contribution in [0.3, 0.4) is 0 Å². The molecule has 2 heterocycles. The summed E-state index contributed by atoms with van der Waals surface area (Å²) in [6.45, 7) is 0.547. The van der Waals surface area contributed by atoms with Crippen molar-refractivity contribution in [2.45, 2.75) is 6.42 Å². The summed E-state index contributed by atoms with van der Waals surface area (Å²) in [5, 5.41) is 7.56. The molecule has 0 aliphatic heterocycles. The summed E-state index contributed by atoms with van der Waals surface area (Å²) in [6.07, 6.45) is 0.769. The van der Waals surface area contributed by atoms with Crippen LogP contribution in [0, 0.1) is 0 Å². The fourth-order valence-electron chi connectivity index (χ4n) is 3.71. The molecule has 5 nitrogen and oxygen atoms in total. The Labute approximate surface area is 186 Å². The molecule has 5 aromatic rings. The lowest BCUT2D eigenvalue weighted by Crippen LogP contribution is -2.26. The highest BCUT2D eigenvalue weighted by Gasteiger charge is 2.16. The van der Waals surface area contributed by atoms with Crippen molar-refractivity contribution >= 4 is 11.6 Å². The normalized spacial score (nSPS) is 10.9. The quantitative estimate of drug-likeness (QED) is 0.420. The molecule has 156 valence electrons. The van der Waals surface area contributed by atoms with E-state index in [1.54, 1.807) is 10.6 Å². The first-order valence-electron chi connectivity index (χ1n) is 10.6. The van der Waals surface area contributed by atoms with Gasteiger partial charge in [-0.05, 0) is 18.1 Å². The monoisotopic (exact) mass is 418 g/mol. The van der Waals surface area contributed by atoms with Crippen molar-refractivity contribution < 1.29 is 4.79 Å². The third kappa shape index (κ3) is 4.14. The van der Waals surface area contributed by atoms with Crippen molar-refractivity contribution in [1.29, 1.82) is 0 Å². The van der Waals surface area contributed by atoms with E-state index in [4.69, 9.17) is 4.98 Å². The van der Waals surface area contributed by atoms with Crippen molar-refractivity contribution in [1.82, 2.24) is 19.9 Å². The third-order valence-corrected chi connectivity index (χ3v) is 5.34. The molecule has 0 saturated heterocycles. The second kappa shape index (κ2) is 8.86. The number of hydrogen-bond acceptors (Lipinski definition) is 3. The van der Waals surface area contributed by atoms with Gasteiger partial charge in [-0.15, -0.1) is 0 Å². The van der Waals surface area contributed by atoms with E-state index in [2.05, 4.69) is 22.5 Å². The maximum Gasteiger partial charge on any atom is 0.271 e. The Morgan fingerprint density at radius 1 is 0.781 bits per heavy atom. The Hall–Kier alpha value is -4.25. The summed E-state index contributed by atoms with van der Waals surface area (Å²) in [4.78, 5) is 17.6. The minimum atomic E-state index is -0.202. The molecule has 0 radical (unpaired) electrons. The van der Waals surface area contributed by atoms with Gasteiger partial charge in [0.1, 0.15) is 0 Å². The van der Waals surface area contributed by atoms with Gasteiger partial charge in [-0.1, -0.05) is 91.0 Å². The van der Waals surface area contributed by atoms with Gasteiger partial charge in [0, 0.05) is 23.7 Å². The highest BCUT2D eigenvalue weighted by Crippen LogP contribution is 2.26. The average molecular weight is 419 g/mol. The fraction of sp³-hybridized carbons (Fsp3) is 0.0741. The van der Waals surface area contributed by atoms with E-state index in [-0.39, 0.29) is 5.91 Å². The van der Waals surface area contributed by atoms with Gasteiger partial charge in [0.25, 0.3) is 5.91 Å². The molecule has 0 aliphatic carbocycles. The van der Waals surface area contributed by atoms with Crippen LogP contribution in [0.15, 0.2) is 103 Å². The lowest BCUT2D eigenvalue weighted by molar-refractivity contribution is 0.0949. The van der Waals surface area contributed by atoms with Crippen molar-refractivity contribution in [2.24, 2.45) is 0 Å². The molecular formula is C27H22N4O. The third-order valence-electron chi connectivity index (χ3n) is 5.34. The van der Waals surface area contributed by atoms with Crippen LogP contribution >= 0.6 is 0 Å². The molecule has 32 heavy (non-hydrogen) atoms. The summed E-state index contributed by atoms with van der Waals surface area (Å²) < 4.78 is 1.74. The first-order chi connectivity index (χ1) is 15.8. The summed E-state index contributed by atoms with van der Waals surface area (Å²) >= 11 is 0. The van der Waals surface area contributed by atoms with E-state index in [1.807, 2.05) is 84.9 Å². The molecule has 1 N–H and O–H groups in total. The van der Waals surface area contributed by atoms with Crippen LogP contribution < -0.4 is 5.32 Å². The van der Waals surface area contributed by atoms with Gasteiger partial charge in [0.15, 0.2) is 11.3 Å². The van der Waals surface area contributed by atoms with Crippen molar-refractivity contribution in [2.75, 3.05) is 6.54 Å². The predicted octanol–water partition coefficient (Wildman–Crippen LogP) is 5.04. The van der Waals surface area contributed by atoms with Crippen LogP contribution in [0.2, 0.25) is 0 Å². The van der Waals surface area contributed by atoms with Crippen LogP contribution in [-0.4, -0.2) is 27.0 Å². The number of rotatable bonds is 6. The number of carbonyl (C=O) groups is 1. The Bertz CT molecular complexity index is 1350. The van der Waals surface area contributed by atoms with Gasteiger partial charge in [-0.2, -0.15) is 5.10 Å². The molecule has 5 rings (SSSR count). The number of fused-ring (bicyclic) bond motifs is 1. The maximum atomic E-state index is 12.8. The summed E-state index contributed by atoms with van der Waals surface area (Å²) in [6, 6.07) is 33.9. The molecule has 3 aromatic carbocycles. The number of amides is 1. The van der Waals surface area contributed by atoms with Crippen molar-refractivity contribution in [3.8, 4) is 22.5 Å². The van der Waals surface area contributed by atoms with Gasteiger partial charge >= 0.3 is 0 Å². The molecule has 2 aromatic heterocycles. The van der Waals surface area contributed by atoms with Crippen LogP contribution in [0.25, 0.3) is 28.2 Å². The topological polar surface area (TPSA) is 59.3 Å². The zero-order chi connectivity index (χ0) is 21.8. The average Bonchev–Trinajstić information content (AvgIpc) is 3.30. The summed E-state index contributed by atoms with van der Waals surface area (Å²) in [5.74, 6) is -0.202. The molecule has 0 aliphatic rings. The van der Waals surface area contributed by atoms with Gasteiger partial charge in [-0.3, -0.25) is 4.79 Å². The SMILES string of the molecule is O=C(NCCc1ccccc1)c1cc2nc(-c3ccccc3)cc(-c3ccccc3)n2n1. The van der Waals surface area contributed by atoms with Crippen LogP contribution in [0.5, 0.6) is 0 Å². The number of nitrogens with zero attached hydrogens (tertiary/aromatic N) is 3. The number of aromatic nitrogens is 3. The van der Waals surface area contributed by atoms with Crippen molar-refractivity contribution in [3.05, 3.63) is 114 Å². The van der Waals surface area contributed by atoms with Gasteiger partial charge in [0.2, 0.25) is 0 Å². The minimum Gasteiger partial charge on any atom is -0.350 e. The number of nitrogens with one attached hydrogen (secondary N) is 1. The molecule has 0 fully saturated rings. The molecule has 0 spiro atoms. The fourth-order valence-corrected chi connectivity index (χ4v) is 3.71. The van der Waals surface area contributed by atoms with Gasteiger partial charge in [0.05, 0.1) is 11.4 Å². The zero-order valence-electron chi connectivity index (χ0n) is 17.5. The summed E-state index contributed by atoms with van der Waals surface area (Å²) in [7, 11) is 0. The van der Waals surface area contributed by atoms with E-state index in [9.17, 15) is 4.79 Å². The van der Waals surface area contributed by atoms with E-state index < -0.39 is 0 Å². The lowest BCUT2D eigenvalue weighted by atomic mass is 10.1. The zero-order valence-corrected chi connectivity index (χ0v) is 17.5. The van der Waals surface area contributed by atoms with Crippen LogP contribution in [0.4, 0.5) is 0 Å². The largest absolute Gasteiger partial charge is 0.350 e. The number of benzene rings is 3. The Morgan fingerprint density at radius 2 is 1.41 bits per heavy atom. The molecule has 1 amide bonds. The van der Waals surface area contributed by atoms with Crippen LogP contribution in [0.1, 0.15) is 16.1 Å². The first-order valence-corrected chi connectivity index (χ1v) is 10.6. The van der Waals surface area contributed by atoms with E-state index in [0.29, 0.717) is 17.9 Å². The number of carbonyl (C=O) groups excluding carboxylic acids is 1. The van der Waals surface area contributed by atoms with E-state index in [1.165, 1.54) is 5.56 Å². The smallest absolute Gasteiger partial charge is 0.271 e. The number of hydrogen-bond donors (Lipinski definition) is 1. The lowest BCUT2D eigenvalue weighted by Gasteiger charge is -2.08. The molecule has 0 unspecified atom stereocenters. The predicted molar refractivity (Wildman–Crippen MR) is 126 cm³/mol. The van der Waals surface area contributed by atoms with E-state index in [0.717, 1.165) is 28.9 Å². The summed E-state index contributed by atoms with van der Waals surface area (Å²) in [5.41, 5.74) is 5.93. The molecule has 0 atom stereocenters. The first kappa shape index (κ1) is 19.7. The minimum absolute atomic E-state index is 0.202. The molecular weight excluding hydrogens is 396 g/mol. The second-order valence-corrected chi connectivity index (χ2v) is 7.55. The van der Waals surface area contributed by atoms with Crippen LogP contribution in [-0.2, 0) is 6.42 Å². The Balaban J connectivity index is 1.48. The van der Waals surface area contributed by atoms with Gasteiger partial charge < -0.3 is 5.32 Å². The standard InChI is InChI=1S/C27H22N4O/c32-27(28-17-16-20-10-4-1-5-11-20)24-19-26-29-23(21-12-6-2-7-13-21)18-25(31(26)30-24)22-14-8-3-9-15-22/h1-15,18-19H,16-17H2,(H,28,32). The molecule has 0 saturated carbocycles. The highest BCUT2D eigenvalue weighted by molar-refractivity contribution is 5.93. The van der Waals surface area contributed by atoms with Crippen molar-refractivity contribution in [3.63, 3.8) is 0 Å². The highest BCUT2D eigenvalue weighted by atomic mass is 16.1. The Kier molecular flexibility index (Phi) is 5.45. The molecule has 5 heteroatoms. The second-order valence-electron chi connectivity index (χ2n) is 7.55. The molecule has 0 bridgehead atoms.